The normalized spacial score (nSPS) is 16.7. The Balaban J connectivity index is 1.89. The van der Waals surface area contributed by atoms with Crippen LogP contribution in [0.5, 0.6) is 0 Å². The van der Waals surface area contributed by atoms with E-state index < -0.39 is 6.04 Å². The van der Waals surface area contributed by atoms with Crippen molar-refractivity contribution in [2.75, 3.05) is 31.1 Å². The number of rotatable bonds is 6. The smallest absolute Gasteiger partial charge is 0.246 e. The molecule has 2 amide bonds. The largest absolute Gasteiger partial charge is 0.330 e. The van der Waals surface area contributed by atoms with E-state index in [9.17, 15) is 9.59 Å². The van der Waals surface area contributed by atoms with Gasteiger partial charge in [0.1, 0.15) is 6.54 Å². The summed E-state index contributed by atoms with van der Waals surface area (Å²) in [6.07, 6.45) is 2.31. The summed E-state index contributed by atoms with van der Waals surface area (Å²) in [5.74, 6) is -0.210. The lowest BCUT2D eigenvalue weighted by Crippen LogP contribution is -2.55. The molecule has 1 aliphatic rings. The molecule has 1 atom stereocenters. The average Bonchev–Trinajstić information content (AvgIpc) is 2.55. The maximum absolute atomic E-state index is 12.3. The van der Waals surface area contributed by atoms with Gasteiger partial charge in [0.05, 0.1) is 6.04 Å². The third-order valence-electron chi connectivity index (χ3n) is 3.89. The molecule has 4 N–H and O–H groups in total. The van der Waals surface area contributed by atoms with Crippen LogP contribution in [0.15, 0.2) is 30.3 Å². The predicted molar refractivity (Wildman–Crippen MR) is 86.3 cm³/mol. The van der Waals surface area contributed by atoms with Gasteiger partial charge in [0, 0.05) is 18.8 Å². The number of anilines is 1. The van der Waals surface area contributed by atoms with Gasteiger partial charge in [-0.3, -0.25) is 9.59 Å². The molecule has 120 valence electrons. The fraction of sp³-hybridized carbons (Fsp3) is 0.500. The van der Waals surface area contributed by atoms with Crippen LogP contribution in [0.4, 0.5) is 5.69 Å². The van der Waals surface area contributed by atoms with Crippen molar-refractivity contribution in [2.24, 2.45) is 11.5 Å². The second kappa shape index (κ2) is 7.91. The molecule has 1 aromatic carbocycles. The number of nitrogens with zero attached hydrogens (tertiary/aromatic N) is 2. The number of nitrogens with two attached hydrogens (primary N) is 2. The summed E-state index contributed by atoms with van der Waals surface area (Å²) >= 11 is 0. The molecule has 1 aromatic rings. The first-order valence-corrected chi connectivity index (χ1v) is 7.73. The van der Waals surface area contributed by atoms with Gasteiger partial charge in [-0.15, -0.1) is 0 Å². The summed E-state index contributed by atoms with van der Waals surface area (Å²) in [5, 5.41) is 0. The monoisotopic (exact) mass is 304 g/mol. The molecule has 0 unspecified atom stereocenters. The van der Waals surface area contributed by atoms with Gasteiger partial charge in [0.15, 0.2) is 0 Å². The standard InChI is InChI=1S/C16H24N4O2/c17-9-5-4-8-14(18)16(22)19-10-11-20(15(21)12-19)13-6-2-1-3-7-13/h1-3,6-7,14H,4-5,8-12,17-18H2/t14-/m0/s1. The molecule has 2 rings (SSSR count). The Hall–Kier alpha value is -1.92. The molecule has 1 heterocycles. The summed E-state index contributed by atoms with van der Waals surface area (Å²) in [6.45, 7) is 1.72. The van der Waals surface area contributed by atoms with Gasteiger partial charge in [-0.05, 0) is 31.5 Å². The number of benzene rings is 1. The number of amides is 2. The Morgan fingerprint density at radius 2 is 1.91 bits per heavy atom. The number of hydrogen-bond donors (Lipinski definition) is 2. The Bertz CT molecular complexity index is 506. The molecule has 0 radical (unpaired) electrons. The second-order valence-corrected chi connectivity index (χ2v) is 5.53. The minimum absolute atomic E-state index is 0.0695. The fourth-order valence-corrected chi connectivity index (χ4v) is 2.61. The highest BCUT2D eigenvalue weighted by Gasteiger charge is 2.30. The Kier molecular flexibility index (Phi) is 5.91. The van der Waals surface area contributed by atoms with Crippen LogP contribution in [0, 0.1) is 0 Å². The van der Waals surface area contributed by atoms with Gasteiger partial charge in [-0.1, -0.05) is 24.6 Å². The zero-order valence-corrected chi connectivity index (χ0v) is 12.8. The highest BCUT2D eigenvalue weighted by atomic mass is 16.2. The fourth-order valence-electron chi connectivity index (χ4n) is 2.61. The van der Waals surface area contributed by atoms with Crippen LogP contribution in [0.3, 0.4) is 0 Å². The van der Waals surface area contributed by atoms with E-state index in [4.69, 9.17) is 11.5 Å². The van der Waals surface area contributed by atoms with Crippen LogP contribution in [0.1, 0.15) is 19.3 Å². The van der Waals surface area contributed by atoms with E-state index in [1.165, 1.54) is 0 Å². The third kappa shape index (κ3) is 4.05. The number of carbonyl (C=O) groups is 2. The predicted octanol–water partition coefficient (Wildman–Crippen LogP) is 0.318. The van der Waals surface area contributed by atoms with Crippen LogP contribution < -0.4 is 16.4 Å². The van der Waals surface area contributed by atoms with Crippen molar-refractivity contribution < 1.29 is 9.59 Å². The quantitative estimate of drug-likeness (QED) is 0.740. The van der Waals surface area contributed by atoms with Crippen molar-refractivity contribution in [3.05, 3.63) is 30.3 Å². The number of unbranched alkanes of at least 4 members (excludes halogenated alkanes) is 1. The van der Waals surface area contributed by atoms with E-state index >= 15 is 0 Å². The summed E-state index contributed by atoms with van der Waals surface area (Å²) in [5.41, 5.74) is 12.2. The van der Waals surface area contributed by atoms with Gasteiger partial charge in [0.25, 0.3) is 0 Å². The van der Waals surface area contributed by atoms with Crippen molar-refractivity contribution >= 4 is 17.5 Å². The number of para-hydroxylation sites is 1. The molecule has 22 heavy (non-hydrogen) atoms. The molecule has 1 fully saturated rings. The van der Waals surface area contributed by atoms with Crippen LogP contribution >= 0.6 is 0 Å². The van der Waals surface area contributed by atoms with E-state index in [2.05, 4.69) is 0 Å². The minimum atomic E-state index is -0.539. The van der Waals surface area contributed by atoms with Crippen molar-refractivity contribution in [2.45, 2.75) is 25.3 Å². The lowest BCUT2D eigenvalue weighted by molar-refractivity contribution is -0.138. The Labute approximate surface area is 131 Å². The summed E-state index contributed by atoms with van der Waals surface area (Å²) in [7, 11) is 0. The minimum Gasteiger partial charge on any atom is -0.330 e. The molecule has 0 spiro atoms. The molecular weight excluding hydrogens is 280 g/mol. The third-order valence-corrected chi connectivity index (χ3v) is 3.89. The lowest BCUT2D eigenvalue weighted by atomic mass is 10.1. The van der Waals surface area contributed by atoms with Crippen LogP contribution in [-0.2, 0) is 9.59 Å². The van der Waals surface area contributed by atoms with Crippen molar-refractivity contribution in [1.82, 2.24) is 4.90 Å². The van der Waals surface area contributed by atoms with Crippen molar-refractivity contribution in [3.63, 3.8) is 0 Å². The van der Waals surface area contributed by atoms with Gasteiger partial charge in [0.2, 0.25) is 11.8 Å². The second-order valence-electron chi connectivity index (χ2n) is 5.53. The molecule has 6 heteroatoms. The molecule has 0 aromatic heterocycles. The first kappa shape index (κ1) is 16.5. The van der Waals surface area contributed by atoms with Crippen LogP contribution in [0.25, 0.3) is 0 Å². The maximum atomic E-state index is 12.3. The first-order chi connectivity index (χ1) is 10.6. The van der Waals surface area contributed by atoms with E-state index in [-0.39, 0.29) is 18.4 Å². The summed E-state index contributed by atoms with van der Waals surface area (Å²) in [4.78, 5) is 27.8. The lowest BCUT2D eigenvalue weighted by Gasteiger charge is -2.35. The zero-order chi connectivity index (χ0) is 15.9. The summed E-state index contributed by atoms with van der Waals surface area (Å²) in [6, 6.07) is 8.96. The van der Waals surface area contributed by atoms with E-state index in [0.29, 0.717) is 26.1 Å². The van der Waals surface area contributed by atoms with Gasteiger partial charge < -0.3 is 21.3 Å². The number of carbonyl (C=O) groups excluding carboxylic acids is 2. The van der Waals surface area contributed by atoms with Gasteiger partial charge in [-0.2, -0.15) is 0 Å². The first-order valence-electron chi connectivity index (χ1n) is 7.73. The molecule has 6 nitrogen and oxygen atoms in total. The highest BCUT2D eigenvalue weighted by molar-refractivity contribution is 5.98. The Morgan fingerprint density at radius 3 is 2.55 bits per heavy atom. The van der Waals surface area contributed by atoms with Crippen LogP contribution in [-0.4, -0.2) is 48.9 Å². The van der Waals surface area contributed by atoms with E-state index in [0.717, 1.165) is 18.5 Å². The van der Waals surface area contributed by atoms with Crippen LogP contribution in [0.2, 0.25) is 0 Å². The van der Waals surface area contributed by atoms with Crippen molar-refractivity contribution in [1.29, 1.82) is 0 Å². The molecule has 0 aliphatic carbocycles. The topological polar surface area (TPSA) is 92.7 Å². The maximum Gasteiger partial charge on any atom is 0.246 e. The molecule has 1 saturated heterocycles. The number of hydrogen-bond acceptors (Lipinski definition) is 4. The zero-order valence-electron chi connectivity index (χ0n) is 12.8. The molecular formula is C16H24N4O2. The molecule has 1 aliphatic heterocycles. The van der Waals surface area contributed by atoms with E-state index in [1.807, 2.05) is 30.3 Å². The van der Waals surface area contributed by atoms with Gasteiger partial charge in [-0.25, -0.2) is 0 Å². The summed E-state index contributed by atoms with van der Waals surface area (Å²) < 4.78 is 0. The van der Waals surface area contributed by atoms with Gasteiger partial charge >= 0.3 is 0 Å². The SMILES string of the molecule is NCCCC[C@H](N)C(=O)N1CCN(c2ccccc2)C(=O)C1. The van der Waals surface area contributed by atoms with E-state index in [1.54, 1.807) is 9.80 Å². The number of piperazine rings is 1. The average molecular weight is 304 g/mol. The molecule has 0 bridgehead atoms. The highest BCUT2D eigenvalue weighted by Crippen LogP contribution is 2.17. The molecule has 0 saturated carbocycles. The Morgan fingerprint density at radius 1 is 1.18 bits per heavy atom. The van der Waals surface area contributed by atoms with Crippen molar-refractivity contribution in [3.8, 4) is 0 Å².